The fourth-order valence-electron chi connectivity index (χ4n) is 0.596. The topological polar surface area (TPSA) is 66.8 Å². The molecule has 78 valence electrons. The van der Waals surface area contributed by atoms with Gasteiger partial charge in [0, 0.05) is 0 Å². The molecule has 0 aliphatic heterocycles. The highest BCUT2D eigenvalue weighted by Gasteiger charge is 2.33. The average molecular weight is 190 g/mol. The highest BCUT2D eigenvalue weighted by molar-refractivity contribution is 5.76. The SMILES string of the molecule is CC(C)COC(=O)C(C)(CO)CO. The van der Waals surface area contributed by atoms with E-state index in [4.69, 9.17) is 14.9 Å². The molecule has 4 nitrogen and oxygen atoms in total. The fraction of sp³-hybridized carbons (Fsp3) is 0.889. The number of aliphatic hydroxyl groups is 2. The fourth-order valence-corrected chi connectivity index (χ4v) is 0.596. The molecule has 0 amide bonds. The van der Waals surface area contributed by atoms with Crippen LogP contribution in [0.15, 0.2) is 0 Å². The molecule has 0 unspecified atom stereocenters. The van der Waals surface area contributed by atoms with Crippen molar-refractivity contribution in [2.24, 2.45) is 11.3 Å². The van der Waals surface area contributed by atoms with Crippen LogP contribution in [0.4, 0.5) is 0 Å². The van der Waals surface area contributed by atoms with E-state index in [1.165, 1.54) is 6.92 Å². The maximum absolute atomic E-state index is 11.3. The lowest BCUT2D eigenvalue weighted by molar-refractivity contribution is -0.161. The van der Waals surface area contributed by atoms with Gasteiger partial charge in [-0.05, 0) is 12.8 Å². The van der Waals surface area contributed by atoms with E-state index in [9.17, 15) is 4.79 Å². The molecule has 0 atom stereocenters. The Morgan fingerprint density at radius 3 is 2.15 bits per heavy atom. The summed E-state index contributed by atoms with van der Waals surface area (Å²) < 4.78 is 4.89. The standard InChI is InChI=1S/C9H18O4/c1-7(2)4-13-8(12)9(3,5-10)6-11/h7,10-11H,4-6H2,1-3H3. The van der Waals surface area contributed by atoms with Gasteiger partial charge in [0.05, 0.1) is 19.8 Å². The Bertz CT molecular complexity index is 161. The summed E-state index contributed by atoms with van der Waals surface area (Å²) in [5, 5.41) is 17.7. The maximum Gasteiger partial charge on any atom is 0.316 e. The molecule has 0 aliphatic carbocycles. The average Bonchev–Trinajstić information content (AvgIpc) is 2.12. The molecule has 0 aromatic heterocycles. The van der Waals surface area contributed by atoms with Crippen molar-refractivity contribution >= 4 is 5.97 Å². The third-order valence-electron chi connectivity index (χ3n) is 1.74. The zero-order valence-electron chi connectivity index (χ0n) is 8.41. The summed E-state index contributed by atoms with van der Waals surface area (Å²) in [6.45, 7) is 4.82. The first-order valence-electron chi connectivity index (χ1n) is 4.35. The molecule has 0 saturated carbocycles. The molecule has 0 rings (SSSR count). The van der Waals surface area contributed by atoms with E-state index < -0.39 is 24.6 Å². The molecule has 0 spiro atoms. The summed E-state index contributed by atoms with van der Waals surface area (Å²) in [7, 11) is 0. The van der Waals surface area contributed by atoms with E-state index in [0.717, 1.165) is 0 Å². The number of rotatable bonds is 5. The van der Waals surface area contributed by atoms with Crippen LogP contribution in [0.3, 0.4) is 0 Å². The highest BCUT2D eigenvalue weighted by atomic mass is 16.5. The van der Waals surface area contributed by atoms with Gasteiger partial charge in [0.2, 0.25) is 0 Å². The van der Waals surface area contributed by atoms with Gasteiger partial charge in [-0.15, -0.1) is 0 Å². The Morgan fingerprint density at radius 2 is 1.85 bits per heavy atom. The van der Waals surface area contributed by atoms with Crippen LogP contribution in [-0.2, 0) is 9.53 Å². The summed E-state index contributed by atoms with van der Waals surface area (Å²) in [5.41, 5.74) is -1.17. The van der Waals surface area contributed by atoms with Gasteiger partial charge < -0.3 is 14.9 Å². The summed E-state index contributed by atoms with van der Waals surface area (Å²) >= 11 is 0. The number of carbonyl (C=O) groups is 1. The Kier molecular flexibility index (Phi) is 4.95. The minimum absolute atomic E-state index is 0.255. The van der Waals surface area contributed by atoms with Gasteiger partial charge in [0.15, 0.2) is 0 Å². The van der Waals surface area contributed by atoms with Gasteiger partial charge in [0.1, 0.15) is 5.41 Å². The molecular weight excluding hydrogens is 172 g/mol. The summed E-state index contributed by atoms with van der Waals surface area (Å²) in [6.07, 6.45) is 0. The van der Waals surface area contributed by atoms with Crippen LogP contribution in [0, 0.1) is 11.3 Å². The molecule has 0 radical (unpaired) electrons. The molecule has 0 fully saturated rings. The van der Waals surface area contributed by atoms with Crippen LogP contribution < -0.4 is 0 Å². The zero-order valence-corrected chi connectivity index (χ0v) is 8.41. The second-order valence-electron chi connectivity index (χ2n) is 3.87. The number of aliphatic hydroxyl groups excluding tert-OH is 2. The van der Waals surface area contributed by atoms with Crippen molar-refractivity contribution in [2.75, 3.05) is 19.8 Å². The minimum atomic E-state index is -1.17. The maximum atomic E-state index is 11.3. The van der Waals surface area contributed by atoms with Crippen LogP contribution in [-0.4, -0.2) is 36.0 Å². The van der Waals surface area contributed by atoms with Gasteiger partial charge in [-0.2, -0.15) is 0 Å². The Hall–Kier alpha value is -0.610. The molecule has 0 bridgehead atoms. The van der Waals surface area contributed by atoms with Crippen LogP contribution in [0.1, 0.15) is 20.8 Å². The first-order valence-corrected chi connectivity index (χ1v) is 4.35. The van der Waals surface area contributed by atoms with Crippen LogP contribution in [0.25, 0.3) is 0 Å². The van der Waals surface area contributed by atoms with Crippen molar-refractivity contribution in [2.45, 2.75) is 20.8 Å². The number of hydrogen-bond donors (Lipinski definition) is 2. The molecule has 4 heteroatoms. The monoisotopic (exact) mass is 190 g/mol. The molecular formula is C9H18O4. The Labute approximate surface area is 78.5 Å². The lowest BCUT2D eigenvalue weighted by Crippen LogP contribution is -2.37. The van der Waals surface area contributed by atoms with Gasteiger partial charge in [-0.1, -0.05) is 13.8 Å². The second-order valence-corrected chi connectivity index (χ2v) is 3.87. The lowest BCUT2D eigenvalue weighted by atomic mass is 9.93. The molecule has 2 N–H and O–H groups in total. The quantitative estimate of drug-likeness (QED) is 0.607. The first kappa shape index (κ1) is 12.4. The number of carbonyl (C=O) groups excluding carboxylic acids is 1. The van der Waals surface area contributed by atoms with Crippen molar-refractivity contribution in [3.05, 3.63) is 0 Å². The number of hydrogen-bond acceptors (Lipinski definition) is 4. The van der Waals surface area contributed by atoms with E-state index in [0.29, 0.717) is 6.61 Å². The van der Waals surface area contributed by atoms with Crippen LogP contribution in [0.2, 0.25) is 0 Å². The molecule has 0 saturated heterocycles. The Balaban J connectivity index is 4.07. The summed E-state index contributed by atoms with van der Waals surface area (Å²) in [5.74, 6) is -0.295. The van der Waals surface area contributed by atoms with Crippen molar-refractivity contribution in [3.8, 4) is 0 Å². The number of ether oxygens (including phenoxy) is 1. The van der Waals surface area contributed by atoms with Crippen molar-refractivity contribution in [3.63, 3.8) is 0 Å². The van der Waals surface area contributed by atoms with Crippen molar-refractivity contribution in [1.82, 2.24) is 0 Å². The zero-order chi connectivity index (χ0) is 10.5. The third-order valence-corrected chi connectivity index (χ3v) is 1.74. The van der Waals surface area contributed by atoms with Crippen molar-refractivity contribution in [1.29, 1.82) is 0 Å². The normalized spacial score (nSPS) is 11.8. The van der Waals surface area contributed by atoms with E-state index in [-0.39, 0.29) is 5.92 Å². The van der Waals surface area contributed by atoms with E-state index in [1.54, 1.807) is 0 Å². The predicted molar refractivity (Wildman–Crippen MR) is 48.1 cm³/mol. The predicted octanol–water partition coefficient (Wildman–Crippen LogP) is 0.176. The molecule has 0 heterocycles. The first-order chi connectivity index (χ1) is 5.96. The largest absolute Gasteiger partial charge is 0.465 e. The molecule has 0 aromatic carbocycles. The minimum Gasteiger partial charge on any atom is -0.465 e. The van der Waals surface area contributed by atoms with Crippen LogP contribution in [0.5, 0.6) is 0 Å². The van der Waals surface area contributed by atoms with Gasteiger partial charge >= 0.3 is 5.97 Å². The highest BCUT2D eigenvalue weighted by Crippen LogP contribution is 2.16. The third kappa shape index (κ3) is 3.74. The van der Waals surface area contributed by atoms with E-state index in [1.807, 2.05) is 13.8 Å². The number of esters is 1. The smallest absolute Gasteiger partial charge is 0.316 e. The second kappa shape index (κ2) is 5.19. The summed E-state index contributed by atoms with van der Waals surface area (Å²) in [6, 6.07) is 0. The van der Waals surface area contributed by atoms with Gasteiger partial charge in [0.25, 0.3) is 0 Å². The van der Waals surface area contributed by atoms with Gasteiger partial charge in [-0.25, -0.2) is 0 Å². The Morgan fingerprint density at radius 1 is 1.38 bits per heavy atom. The van der Waals surface area contributed by atoms with E-state index >= 15 is 0 Å². The molecule has 13 heavy (non-hydrogen) atoms. The lowest BCUT2D eigenvalue weighted by Gasteiger charge is -2.22. The van der Waals surface area contributed by atoms with E-state index in [2.05, 4.69) is 0 Å². The van der Waals surface area contributed by atoms with Crippen LogP contribution >= 0.6 is 0 Å². The molecule has 0 aliphatic rings. The molecule has 0 aromatic rings. The van der Waals surface area contributed by atoms with Crippen molar-refractivity contribution < 1.29 is 19.7 Å². The van der Waals surface area contributed by atoms with Gasteiger partial charge in [-0.3, -0.25) is 4.79 Å². The summed E-state index contributed by atoms with van der Waals surface area (Å²) in [4.78, 5) is 11.3.